The molecule has 0 aliphatic heterocycles. The highest BCUT2D eigenvalue weighted by Crippen LogP contribution is 2.21. The molecule has 4 N–H and O–H groups in total. The summed E-state index contributed by atoms with van der Waals surface area (Å²) in [6, 6.07) is 10.7. The van der Waals surface area contributed by atoms with Crippen LogP contribution in [0.25, 0.3) is 10.8 Å². The van der Waals surface area contributed by atoms with Gasteiger partial charge < -0.3 is 15.2 Å². The minimum Gasteiger partial charge on any atom is -0.478 e. The van der Waals surface area contributed by atoms with Crippen molar-refractivity contribution in [3.05, 3.63) is 79.6 Å². The Bertz CT molecular complexity index is 1180. The summed E-state index contributed by atoms with van der Waals surface area (Å²) in [7, 11) is 0. The molecule has 8 heteroatoms. The van der Waals surface area contributed by atoms with E-state index in [-0.39, 0.29) is 23.2 Å². The molecule has 2 aromatic carbocycles. The van der Waals surface area contributed by atoms with Crippen LogP contribution in [0.5, 0.6) is 0 Å². The first kappa shape index (κ1) is 19.1. The average molecular weight is 382 g/mol. The standard InChI is InChI=1S/C20H18N2O6/c23-17-15(16(19(26)27)21-20(28)22-17)6-2-1-4-11-8-9-13-12(10-11)5-3-7-14(13)18(24)25/h3,5,7-10H,1-2,4,6H2,(H,24,25)(H,26,27)(H2,21,22,23,28). The van der Waals surface area contributed by atoms with E-state index in [0.717, 1.165) is 10.9 Å². The van der Waals surface area contributed by atoms with E-state index < -0.39 is 23.2 Å². The lowest BCUT2D eigenvalue weighted by Crippen LogP contribution is -2.30. The average Bonchev–Trinajstić information content (AvgIpc) is 2.65. The molecule has 1 aromatic heterocycles. The van der Waals surface area contributed by atoms with Crippen LogP contribution in [0.15, 0.2) is 46.0 Å². The van der Waals surface area contributed by atoms with Crippen LogP contribution in [0.4, 0.5) is 0 Å². The summed E-state index contributed by atoms with van der Waals surface area (Å²) in [5, 5.41) is 19.9. The third-order valence-electron chi connectivity index (χ3n) is 4.57. The van der Waals surface area contributed by atoms with Crippen LogP contribution in [0.2, 0.25) is 0 Å². The molecule has 0 aliphatic rings. The molecule has 0 fully saturated rings. The Balaban J connectivity index is 1.70. The number of H-pyrrole nitrogens is 2. The Morgan fingerprint density at radius 3 is 2.36 bits per heavy atom. The van der Waals surface area contributed by atoms with Crippen molar-refractivity contribution in [2.75, 3.05) is 0 Å². The zero-order valence-electron chi connectivity index (χ0n) is 14.8. The number of carbonyl (C=O) groups is 2. The summed E-state index contributed by atoms with van der Waals surface area (Å²) >= 11 is 0. The topological polar surface area (TPSA) is 140 Å². The van der Waals surface area contributed by atoms with Crippen LogP contribution in [0.3, 0.4) is 0 Å². The van der Waals surface area contributed by atoms with Crippen molar-refractivity contribution in [2.45, 2.75) is 25.7 Å². The summed E-state index contributed by atoms with van der Waals surface area (Å²) < 4.78 is 0. The molecule has 0 amide bonds. The second kappa shape index (κ2) is 7.91. The Labute approximate surface area is 158 Å². The van der Waals surface area contributed by atoms with Crippen molar-refractivity contribution in [1.29, 1.82) is 0 Å². The van der Waals surface area contributed by atoms with Crippen LogP contribution < -0.4 is 11.2 Å². The molecule has 0 saturated heterocycles. The van der Waals surface area contributed by atoms with Gasteiger partial charge in [-0.25, -0.2) is 14.4 Å². The van der Waals surface area contributed by atoms with Crippen molar-refractivity contribution < 1.29 is 19.8 Å². The fraction of sp³-hybridized carbons (Fsp3) is 0.200. The van der Waals surface area contributed by atoms with Gasteiger partial charge in [0.1, 0.15) is 5.69 Å². The lowest BCUT2D eigenvalue weighted by atomic mass is 9.98. The number of fused-ring (bicyclic) bond motifs is 1. The molecule has 0 aliphatic carbocycles. The van der Waals surface area contributed by atoms with Gasteiger partial charge in [-0.2, -0.15) is 0 Å². The predicted octanol–water partition coefficient (Wildman–Crippen LogP) is 2.18. The Morgan fingerprint density at radius 1 is 0.893 bits per heavy atom. The monoisotopic (exact) mass is 382 g/mol. The van der Waals surface area contributed by atoms with Crippen molar-refractivity contribution >= 4 is 22.7 Å². The molecule has 28 heavy (non-hydrogen) atoms. The maximum atomic E-state index is 11.9. The predicted molar refractivity (Wildman–Crippen MR) is 102 cm³/mol. The Morgan fingerprint density at radius 2 is 1.64 bits per heavy atom. The van der Waals surface area contributed by atoms with E-state index >= 15 is 0 Å². The van der Waals surface area contributed by atoms with Gasteiger partial charge >= 0.3 is 17.6 Å². The molecule has 0 saturated carbocycles. The van der Waals surface area contributed by atoms with Crippen LogP contribution in [-0.4, -0.2) is 32.1 Å². The normalized spacial score (nSPS) is 10.9. The number of carboxylic acid groups (broad SMARTS) is 2. The van der Waals surface area contributed by atoms with Gasteiger partial charge in [0.05, 0.1) is 5.56 Å². The van der Waals surface area contributed by atoms with E-state index in [1.807, 2.05) is 23.2 Å². The third kappa shape index (κ3) is 4.01. The second-order valence-corrected chi connectivity index (χ2v) is 6.44. The van der Waals surface area contributed by atoms with Crippen LogP contribution in [-0.2, 0) is 12.8 Å². The van der Waals surface area contributed by atoms with Gasteiger partial charge in [0.2, 0.25) is 0 Å². The first-order valence-electron chi connectivity index (χ1n) is 8.70. The summed E-state index contributed by atoms with van der Waals surface area (Å²) in [5.74, 6) is -2.32. The van der Waals surface area contributed by atoms with Crippen LogP contribution >= 0.6 is 0 Å². The number of aromatic carboxylic acids is 2. The van der Waals surface area contributed by atoms with Gasteiger partial charge in [-0.1, -0.05) is 30.3 Å². The molecule has 144 valence electrons. The van der Waals surface area contributed by atoms with Crippen LogP contribution in [0.1, 0.15) is 44.8 Å². The molecular weight excluding hydrogens is 364 g/mol. The highest BCUT2D eigenvalue weighted by molar-refractivity contribution is 6.03. The quantitative estimate of drug-likeness (QED) is 0.462. The molecule has 3 aromatic rings. The highest BCUT2D eigenvalue weighted by Gasteiger charge is 2.15. The molecule has 0 spiro atoms. The van der Waals surface area contributed by atoms with Gasteiger partial charge in [-0.05, 0) is 48.1 Å². The number of nitrogens with one attached hydrogen (secondary N) is 2. The molecular formula is C20H18N2O6. The zero-order valence-corrected chi connectivity index (χ0v) is 14.8. The molecule has 3 rings (SSSR count). The van der Waals surface area contributed by atoms with Crippen molar-refractivity contribution in [3.63, 3.8) is 0 Å². The largest absolute Gasteiger partial charge is 0.478 e. The molecule has 0 radical (unpaired) electrons. The molecule has 0 bridgehead atoms. The van der Waals surface area contributed by atoms with E-state index in [2.05, 4.69) is 4.98 Å². The number of rotatable bonds is 7. The van der Waals surface area contributed by atoms with E-state index in [9.17, 15) is 24.3 Å². The fourth-order valence-corrected chi connectivity index (χ4v) is 3.24. The number of unbranched alkanes of at least 4 members (excludes halogenated alkanes) is 1. The molecule has 8 nitrogen and oxygen atoms in total. The Kier molecular flexibility index (Phi) is 5.39. The SMILES string of the molecule is O=C(O)c1[nH]c(=O)[nH]c(=O)c1CCCCc1ccc2c(C(=O)O)cccc2c1. The summed E-state index contributed by atoms with van der Waals surface area (Å²) in [6.07, 6.45) is 2.17. The third-order valence-corrected chi connectivity index (χ3v) is 4.57. The smallest absolute Gasteiger partial charge is 0.352 e. The minimum absolute atomic E-state index is 0.0525. The van der Waals surface area contributed by atoms with Gasteiger partial charge in [0.15, 0.2) is 0 Å². The number of aromatic amines is 2. The first-order valence-corrected chi connectivity index (χ1v) is 8.70. The maximum Gasteiger partial charge on any atom is 0.352 e. The van der Waals surface area contributed by atoms with E-state index in [1.165, 1.54) is 0 Å². The molecule has 1 heterocycles. The van der Waals surface area contributed by atoms with Gasteiger partial charge in [0.25, 0.3) is 5.56 Å². The number of benzene rings is 2. The van der Waals surface area contributed by atoms with Crippen molar-refractivity contribution in [1.82, 2.24) is 9.97 Å². The maximum absolute atomic E-state index is 11.9. The minimum atomic E-state index is -1.35. The van der Waals surface area contributed by atoms with Gasteiger partial charge in [0, 0.05) is 5.56 Å². The molecule has 0 atom stereocenters. The molecule has 0 unspecified atom stereocenters. The summed E-state index contributed by atoms with van der Waals surface area (Å²) in [4.78, 5) is 49.8. The number of aryl methyl sites for hydroxylation is 1. The van der Waals surface area contributed by atoms with Gasteiger partial charge in [-0.15, -0.1) is 0 Å². The second-order valence-electron chi connectivity index (χ2n) is 6.44. The first-order chi connectivity index (χ1) is 13.4. The van der Waals surface area contributed by atoms with Gasteiger partial charge in [-0.3, -0.25) is 9.78 Å². The number of hydrogen-bond donors (Lipinski definition) is 4. The van der Waals surface area contributed by atoms with Crippen molar-refractivity contribution in [2.24, 2.45) is 0 Å². The van der Waals surface area contributed by atoms with Crippen LogP contribution in [0, 0.1) is 0 Å². The summed E-state index contributed by atoms with van der Waals surface area (Å²) in [5.41, 5.74) is -0.583. The van der Waals surface area contributed by atoms with Crippen molar-refractivity contribution in [3.8, 4) is 0 Å². The lowest BCUT2D eigenvalue weighted by Gasteiger charge is -2.07. The van der Waals surface area contributed by atoms with E-state index in [0.29, 0.717) is 24.6 Å². The highest BCUT2D eigenvalue weighted by atomic mass is 16.4. The number of hydrogen-bond acceptors (Lipinski definition) is 4. The number of carboxylic acids is 2. The van der Waals surface area contributed by atoms with E-state index in [4.69, 9.17) is 5.11 Å². The zero-order chi connectivity index (χ0) is 20.3. The summed E-state index contributed by atoms with van der Waals surface area (Å²) in [6.45, 7) is 0. The fourth-order valence-electron chi connectivity index (χ4n) is 3.24. The number of aromatic nitrogens is 2. The lowest BCUT2D eigenvalue weighted by molar-refractivity contribution is 0.0681. The van der Waals surface area contributed by atoms with E-state index in [1.54, 1.807) is 18.2 Å². The Hall–Kier alpha value is -3.68.